The van der Waals surface area contributed by atoms with Gasteiger partial charge < -0.3 is 24.6 Å². The van der Waals surface area contributed by atoms with Crippen molar-refractivity contribution in [1.82, 2.24) is 5.32 Å². The van der Waals surface area contributed by atoms with Crippen LogP contribution in [0.2, 0.25) is 0 Å². The van der Waals surface area contributed by atoms with E-state index in [2.05, 4.69) is 17.4 Å². The highest BCUT2D eigenvalue weighted by molar-refractivity contribution is 5.45. The van der Waals surface area contributed by atoms with E-state index in [1.807, 2.05) is 36.4 Å². The summed E-state index contributed by atoms with van der Waals surface area (Å²) in [5.41, 5.74) is 1.33. The Morgan fingerprint density at radius 1 is 0.966 bits per heavy atom. The number of ether oxygens (including phenoxy) is 3. The summed E-state index contributed by atoms with van der Waals surface area (Å²) in [6.07, 6.45) is 5.42. The molecule has 5 nitrogen and oxygen atoms in total. The van der Waals surface area contributed by atoms with Crippen LogP contribution in [0.15, 0.2) is 48.5 Å². The highest BCUT2D eigenvalue weighted by Crippen LogP contribution is 2.42. The molecule has 1 unspecified atom stereocenters. The van der Waals surface area contributed by atoms with Crippen LogP contribution in [0.25, 0.3) is 0 Å². The molecule has 0 amide bonds. The molecule has 29 heavy (non-hydrogen) atoms. The first-order valence-electron chi connectivity index (χ1n) is 10.5. The first-order chi connectivity index (χ1) is 14.2. The van der Waals surface area contributed by atoms with Crippen molar-refractivity contribution in [2.24, 2.45) is 0 Å². The van der Waals surface area contributed by atoms with Gasteiger partial charge in [0.15, 0.2) is 11.5 Å². The van der Waals surface area contributed by atoms with Gasteiger partial charge in [-0.25, -0.2) is 0 Å². The third kappa shape index (κ3) is 5.64. The fourth-order valence-corrected chi connectivity index (χ4v) is 4.21. The van der Waals surface area contributed by atoms with Crippen molar-refractivity contribution in [2.45, 2.75) is 43.6 Å². The molecule has 1 aliphatic carbocycles. The molecule has 0 radical (unpaired) electrons. The Kier molecular flexibility index (Phi) is 7.78. The quantitative estimate of drug-likeness (QED) is 0.634. The minimum absolute atomic E-state index is 0.0534. The van der Waals surface area contributed by atoms with Gasteiger partial charge in [0.2, 0.25) is 0 Å². The lowest BCUT2D eigenvalue weighted by molar-refractivity contribution is 0.103. The second-order valence-electron chi connectivity index (χ2n) is 7.82. The molecule has 2 N–H and O–H groups in total. The third-order valence-corrected chi connectivity index (χ3v) is 5.84. The number of nitrogens with one attached hydrogen (secondary N) is 1. The summed E-state index contributed by atoms with van der Waals surface area (Å²) in [7, 11) is 3.34. The Labute approximate surface area is 174 Å². The molecule has 2 aromatic carbocycles. The zero-order valence-corrected chi connectivity index (χ0v) is 17.5. The Balaban J connectivity index is 1.60. The zero-order chi connectivity index (χ0) is 20.5. The van der Waals surface area contributed by atoms with Crippen molar-refractivity contribution in [3.05, 3.63) is 54.1 Å². The number of aliphatic hydroxyl groups excluding tert-OH is 1. The molecule has 0 aliphatic heterocycles. The lowest BCUT2D eigenvalue weighted by atomic mass is 9.69. The molecule has 1 saturated carbocycles. The van der Waals surface area contributed by atoms with E-state index in [-0.39, 0.29) is 12.0 Å². The van der Waals surface area contributed by atoms with Gasteiger partial charge in [0.25, 0.3) is 0 Å². The van der Waals surface area contributed by atoms with Crippen molar-refractivity contribution in [2.75, 3.05) is 33.9 Å². The van der Waals surface area contributed by atoms with E-state index < -0.39 is 6.10 Å². The number of hydrogen-bond acceptors (Lipinski definition) is 5. The summed E-state index contributed by atoms with van der Waals surface area (Å²) in [5, 5.41) is 13.8. The van der Waals surface area contributed by atoms with Crippen LogP contribution in [0, 0.1) is 0 Å². The topological polar surface area (TPSA) is 60.0 Å². The molecule has 3 rings (SSSR count). The predicted molar refractivity (Wildman–Crippen MR) is 115 cm³/mol. The lowest BCUT2D eigenvalue weighted by Crippen LogP contribution is -2.43. The minimum atomic E-state index is -0.554. The molecule has 2 aromatic rings. The van der Waals surface area contributed by atoms with Crippen LogP contribution in [0.1, 0.15) is 37.7 Å². The van der Waals surface area contributed by atoms with Gasteiger partial charge in [-0.1, -0.05) is 43.5 Å². The molecule has 0 heterocycles. The predicted octanol–water partition coefficient (Wildman–Crippen LogP) is 3.94. The Morgan fingerprint density at radius 2 is 1.69 bits per heavy atom. The Morgan fingerprint density at radius 3 is 2.38 bits per heavy atom. The van der Waals surface area contributed by atoms with Crippen LogP contribution in [0.3, 0.4) is 0 Å². The average molecular weight is 400 g/mol. The second kappa shape index (κ2) is 10.5. The molecule has 1 aliphatic rings. The number of hydrogen-bond donors (Lipinski definition) is 2. The summed E-state index contributed by atoms with van der Waals surface area (Å²) >= 11 is 0. The van der Waals surface area contributed by atoms with Gasteiger partial charge in [-0.3, -0.25) is 0 Å². The van der Waals surface area contributed by atoms with Gasteiger partial charge in [-0.15, -0.1) is 0 Å². The molecule has 0 bridgehead atoms. The highest BCUT2D eigenvalue weighted by Gasteiger charge is 2.34. The second-order valence-corrected chi connectivity index (χ2v) is 7.82. The smallest absolute Gasteiger partial charge is 0.161 e. The van der Waals surface area contributed by atoms with Crippen LogP contribution in [-0.2, 0) is 5.41 Å². The van der Waals surface area contributed by atoms with Gasteiger partial charge in [-0.05, 0) is 42.7 Å². The largest absolute Gasteiger partial charge is 0.493 e. The van der Waals surface area contributed by atoms with Gasteiger partial charge in [-0.2, -0.15) is 0 Å². The summed E-state index contributed by atoms with van der Waals surface area (Å²) in [4.78, 5) is 0. The summed E-state index contributed by atoms with van der Waals surface area (Å²) in [5.74, 6) is 2.30. The fourth-order valence-electron chi connectivity index (χ4n) is 4.21. The number of para-hydroxylation sites is 1. The van der Waals surface area contributed by atoms with Crippen LogP contribution in [0.5, 0.6) is 17.2 Å². The molecule has 158 valence electrons. The van der Waals surface area contributed by atoms with Crippen LogP contribution in [-0.4, -0.2) is 45.1 Å². The van der Waals surface area contributed by atoms with Crippen molar-refractivity contribution in [3.63, 3.8) is 0 Å². The molecule has 0 saturated heterocycles. The molecule has 0 spiro atoms. The first kappa shape index (κ1) is 21.5. The van der Waals surface area contributed by atoms with Crippen LogP contribution < -0.4 is 19.5 Å². The molecule has 5 heteroatoms. The fraction of sp³-hybridized carbons (Fsp3) is 0.500. The highest BCUT2D eigenvalue weighted by atomic mass is 16.5. The molecule has 0 aromatic heterocycles. The molecular formula is C24H33NO4. The number of rotatable bonds is 10. The average Bonchev–Trinajstić information content (AvgIpc) is 2.78. The van der Waals surface area contributed by atoms with Gasteiger partial charge in [0.05, 0.1) is 14.2 Å². The van der Waals surface area contributed by atoms with E-state index in [4.69, 9.17) is 14.2 Å². The summed E-state index contributed by atoms with van der Waals surface area (Å²) in [6, 6.07) is 15.9. The first-order valence-corrected chi connectivity index (χ1v) is 10.5. The SMILES string of the molecule is COc1ccc(C2(CNCC(O)COc3ccccc3)CCCCC2)cc1OC. The van der Waals surface area contributed by atoms with E-state index in [1.54, 1.807) is 14.2 Å². The van der Waals surface area contributed by atoms with Crippen molar-refractivity contribution in [3.8, 4) is 17.2 Å². The minimum Gasteiger partial charge on any atom is -0.493 e. The van der Waals surface area contributed by atoms with Crippen molar-refractivity contribution >= 4 is 0 Å². The van der Waals surface area contributed by atoms with Crippen molar-refractivity contribution in [1.29, 1.82) is 0 Å². The van der Waals surface area contributed by atoms with Gasteiger partial charge in [0, 0.05) is 18.5 Å². The van der Waals surface area contributed by atoms with Crippen LogP contribution in [0.4, 0.5) is 0 Å². The normalized spacial score (nSPS) is 16.8. The van der Waals surface area contributed by atoms with Gasteiger partial charge in [0.1, 0.15) is 18.5 Å². The lowest BCUT2D eigenvalue weighted by Gasteiger charge is -2.38. The third-order valence-electron chi connectivity index (χ3n) is 5.84. The Hall–Kier alpha value is -2.24. The van der Waals surface area contributed by atoms with E-state index in [9.17, 15) is 5.11 Å². The number of aliphatic hydroxyl groups is 1. The monoisotopic (exact) mass is 399 g/mol. The number of methoxy groups -OCH3 is 2. The maximum Gasteiger partial charge on any atom is 0.161 e. The maximum absolute atomic E-state index is 10.3. The van der Waals surface area contributed by atoms with Crippen LogP contribution >= 0.6 is 0 Å². The number of benzene rings is 2. The van der Waals surface area contributed by atoms with E-state index in [0.717, 1.165) is 36.6 Å². The van der Waals surface area contributed by atoms with E-state index >= 15 is 0 Å². The molecule has 1 atom stereocenters. The summed E-state index contributed by atoms with van der Waals surface area (Å²) < 4.78 is 16.6. The summed E-state index contributed by atoms with van der Waals surface area (Å²) in [6.45, 7) is 1.60. The van der Waals surface area contributed by atoms with E-state index in [1.165, 1.54) is 24.8 Å². The van der Waals surface area contributed by atoms with Crippen molar-refractivity contribution < 1.29 is 19.3 Å². The zero-order valence-electron chi connectivity index (χ0n) is 17.5. The van der Waals surface area contributed by atoms with E-state index in [0.29, 0.717) is 6.54 Å². The molecular weight excluding hydrogens is 366 g/mol. The molecule has 1 fully saturated rings. The maximum atomic E-state index is 10.3. The Bertz CT molecular complexity index is 744. The van der Waals surface area contributed by atoms with Gasteiger partial charge >= 0.3 is 0 Å². The standard InChI is InChI=1S/C24H33NO4/c1-27-22-12-11-19(15-23(22)28-2)24(13-7-4-8-14-24)18-25-16-20(26)17-29-21-9-5-3-6-10-21/h3,5-6,9-12,15,20,25-26H,4,7-8,13-14,16-18H2,1-2H3.